The van der Waals surface area contributed by atoms with Gasteiger partial charge >= 0.3 is 0 Å². The molecule has 1 unspecified atom stereocenters. The Morgan fingerprint density at radius 2 is 1.71 bits per heavy atom. The van der Waals surface area contributed by atoms with Crippen molar-refractivity contribution in [2.75, 3.05) is 32.1 Å². The van der Waals surface area contributed by atoms with E-state index in [0.29, 0.717) is 32.4 Å². The minimum atomic E-state index is -0.961. The molecule has 0 aliphatic carbocycles. The molecule has 1 rings (SSSR count). The van der Waals surface area contributed by atoms with Gasteiger partial charge in [0.05, 0.1) is 0 Å². The fourth-order valence-electron chi connectivity index (χ4n) is 2.51. The van der Waals surface area contributed by atoms with Crippen molar-refractivity contribution in [2.24, 2.45) is 5.92 Å². The van der Waals surface area contributed by atoms with Gasteiger partial charge in [0, 0.05) is 30.9 Å². The van der Waals surface area contributed by atoms with Crippen LogP contribution in [0.4, 0.5) is 5.69 Å². The quantitative estimate of drug-likeness (QED) is 0.529. The number of anilines is 1. The van der Waals surface area contributed by atoms with Crippen LogP contribution >= 0.6 is 0 Å². The molecule has 132 valence electrons. The Labute approximate surface area is 145 Å². The lowest BCUT2D eigenvalue weighted by Crippen LogP contribution is -2.45. The number of rotatable bonds is 10. The van der Waals surface area contributed by atoms with Crippen LogP contribution in [0.1, 0.15) is 33.1 Å². The van der Waals surface area contributed by atoms with E-state index in [0.717, 1.165) is 5.69 Å². The highest BCUT2D eigenvalue weighted by molar-refractivity contribution is 6.23. The number of hydrogen-bond acceptors (Lipinski definition) is 4. The lowest BCUT2D eigenvalue weighted by molar-refractivity contribution is -0.129. The van der Waals surface area contributed by atoms with Gasteiger partial charge in [0.2, 0.25) is 5.91 Å². The highest BCUT2D eigenvalue weighted by Gasteiger charge is 2.33. The van der Waals surface area contributed by atoms with E-state index in [4.69, 9.17) is 5.41 Å². The summed E-state index contributed by atoms with van der Waals surface area (Å²) in [5.41, 5.74) is 0.965. The fraction of sp³-hybridized carbons (Fsp3) is 0.526. The van der Waals surface area contributed by atoms with Crippen LogP contribution < -0.4 is 4.90 Å². The zero-order valence-electron chi connectivity index (χ0n) is 15.2. The number of benzene rings is 1. The molecule has 0 radical (unpaired) electrons. The summed E-state index contributed by atoms with van der Waals surface area (Å²) in [6.07, 6.45) is 1.42. The van der Waals surface area contributed by atoms with Crippen LogP contribution in [0.3, 0.4) is 0 Å². The zero-order chi connectivity index (χ0) is 18.1. The molecule has 0 spiro atoms. The first-order chi connectivity index (χ1) is 11.4. The van der Waals surface area contributed by atoms with E-state index in [2.05, 4.69) is 0 Å². The van der Waals surface area contributed by atoms with Gasteiger partial charge in [-0.15, -0.1) is 0 Å². The summed E-state index contributed by atoms with van der Waals surface area (Å²) >= 11 is 0. The lowest BCUT2D eigenvalue weighted by Gasteiger charge is -2.28. The topological polar surface area (TPSA) is 64.5 Å². The number of nitrogens with one attached hydrogen (secondary N) is 1. The van der Waals surface area contributed by atoms with Crippen LogP contribution in [0.2, 0.25) is 0 Å². The molecule has 1 N–H and O–H groups in total. The van der Waals surface area contributed by atoms with Crippen LogP contribution in [0.5, 0.6) is 0 Å². The summed E-state index contributed by atoms with van der Waals surface area (Å²) in [5.74, 6) is -1.40. The van der Waals surface area contributed by atoms with Crippen LogP contribution in [0.15, 0.2) is 30.3 Å². The molecule has 5 heteroatoms. The number of para-hydroxylation sites is 1. The average Bonchev–Trinajstić information content (AvgIpc) is 2.56. The Morgan fingerprint density at radius 1 is 1.08 bits per heavy atom. The predicted octanol–water partition coefficient (Wildman–Crippen LogP) is 3.00. The van der Waals surface area contributed by atoms with Gasteiger partial charge in [-0.3, -0.25) is 9.59 Å². The number of carbonyl (C=O) groups is 2. The van der Waals surface area contributed by atoms with Crippen molar-refractivity contribution in [3.05, 3.63) is 30.3 Å². The van der Waals surface area contributed by atoms with Crippen molar-refractivity contribution in [2.45, 2.75) is 33.1 Å². The van der Waals surface area contributed by atoms with Gasteiger partial charge in [-0.05, 0) is 39.1 Å². The average molecular weight is 331 g/mol. The maximum atomic E-state index is 13.1. The van der Waals surface area contributed by atoms with E-state index in [1.807, 2.05) is 63.2 Å². The van der Waals surface area contributed by atoms with Crippen LogP contribution in [-0.4, -0.2) is 49.5 Å². The van der Waals surface area contributed by atoms with E-state index < -0.39 is 5.92 Å². The zero-order valence-corrected chi connectivity index (χ0v) is 15.2. The number of hydrogen-bond donors (Lipinski definition) is 1. The maximum absolute atomic E-state index is 13.1. The first-order valence-corrected chi connectivity index (χ1v) is 8.53. The Hall–Kier alpha value is -2.01. The van der Waals surface area contributed by atoms with Crippen molar-refractivity contribution in [1.82, 2.24) is 4.90 Å². The van der Waals surface area contributed by atoms with Crippen LogP contribution in [-0.2, 0) is 9.59 Å². The maximum Gasteiger partial charge on any atom is 0.243 e. The first kappa shape index (κ1) is 20.0. The molecule has 0 aliphatic heterocycles. The highest BCUT2D eigenvalue weighted by atomic mass is 16.2. The molecule has 5 nitrogen and oxygen atoms in total. The third kappa shape index (κ3) is 5.57. The molecule has 1 aromatic carbocycles. The van der Waals surface area contributed by atoms with E-state index in [9.17, 15) is 9.59 Å². The molecule has 0 saturated heterocycles. The molecule has 1 aromatic rings. The first-order valence-electron chi connectivity index (χ1n) is 8.53. The summed E-state index contributed by atoms with van der Waals surface area (Å²) in [7, 11) is 3.89. The summed E-state index contributed by atoms with van der Waals surface area (Å²) in [4.78, 5) is 29.2. The second-order valence-electron chi connectivity index (χ2n) is 6.16. The molecule has 1 amide bonds. The molecule has 0 fully saturated rings. The van der Waals surface area contributed by atoms with E-state index in [1.165, 1.54) is 0 Å². The normalized spacial score (nSPS) is 12.0. The van der Waals surface area contributed by atoms with Gasteiger partial charge in [-0.1, -0.05) is 32.0 Å². The molecule has 0 aromatic heterocycles. The Bertz CT molecular complexity index is 555. The monoisotopic (exact) mass is 331 g/mol. The van der Waals surface area contributed by atoms with Crippen molar-refractivity contribution in [1.29, 1.82) is 5.41 Å². The summed E-state index contributed by atoms with van der Waals surface area (Å²) in [5, 5.41) is 8.13. The van der Waals surface area contributed by atoms with E-state index >= 15 is 0 Å². The lowest BCUT2D eigenvalue weighted by atomic mass is 9.92. The molecule has 1 atom stereocenters. The third-order valence-corrected chi connectivity index (χ3v) is 3.90. The summed E-state index contributed by atoms with van der Waals surface area (Å²) < 4.78 is 0. The number of Topliss-reactive ketones (excluding diaryl/α,β-unsaturated/α-hetero) is 1. The fourth-order valence-corrected chi connectivity index (χ4v) is 2.51. The molecular weight excluding hydrogens is 302 g/mol. The van der Waals surface area contributed by atoms with Crippen LogP contribution in [0.25, 0.3) is 0 Å². The Kier molecular flexibility index (Phi) is 8.33. The molecular formula is C19H29N3O2. The van der Waals surface area contributed by atoms with Crippen molar-refractivity contribution >= 4 is 23.1 Å². The molecule has 0 bridgehead atoms. The number of ketones is 1. The number of likely N-dealkylation sites (N-methyl/N-ethyl adjacent to an activating group) is 1. The van der Waals surface area contributed by atoms with Gasteiger partial charge in [-0.25, -0.2) is 0 Å². The van der Waals surface area contributed by atoms with Crippen molar-refractivity contribution in [3.63, 3.8) is 0 Å². The predicted molar refractivity (Wildman–Crippen MR) is 98.8 cm³/mol. The minimum absolute atomic E-state index is 0.153. The van der Waals surface area contributed by atoms with Gasteiger partial charge in [0.25, 0.3) is 0 Å². The van der Waals surface area contributed by atoms with E-state index in [1.54, 1.807) is 4.90 Å². The highest BCUT2D eigenvalue weighted by Crippen LogP contribution is 2.19. The molecule has 0 aliphatic rings. The minimum Gasteiger partial charge on any atom is -0.310 e. The SMILES string of the molecule is CCCC(=O)C(C(=N)CC)C(=O)N(CCN(C)C)c1ccccc1. The number of carbonyl (C=O) groups excluding carboxylic acids is 2. The van der Waals surface area contributed by atoms with Crippen molar-refractivity contribution < 1.29 is 9.59 Å². The molecule has 0 saturated carbocycles. The standard InChI is InChI=1S/C19H29N3O2/c1-5-10-17(23)18(16(20)6-2)19(24)22(14-13-21(3)4)15-11-8-7-9-12-15/h7-9,11-12,18,20H,5-6,10,13-14H2,1-4H3. The second-order valence-corrected chi connectivity index (χ2v) is 6.16. The number of amides is 1. The van der Waals surface area contributed by atoms with Gasteiger partial charge in [0.15, 0.2) is 5.78 Å². The van der Waals surface area contributed by atoms with Gasteiger partial charge < -0.3 is 15.2 Å². The second kappa shape index (κ2) is 9.98. The third-order valence-electron chi connectivity index (χ3n) is 3.90. The molecule has 0 heterocycles. The molecule has 24 heavy (non-hydrogen) atoms. The Morgan fingerprint density at radius 3 is 2.21 bits per heavy atom. The summed E-state index contributed by atoms with van der Waals surface area (Å²) in [6, 6.07) is 9.37. The van der Waals surface area contributed by atoms with Gasteiger partial charge in [-0.2, -0.15) is 0 Å². The number of nitrogens with zero attached hydrogens (tertiary/aromatic N) is 2. The van der Waals surface area contributed by atoms with Crippen LogP contribution in [0, 0.1) is 11.3 Å². The largest absolute Gasteiger partial charge is 0.310 e. The Balaban J connectivity index is 3.14. The van der Waals surface area contributed by atoms with E-state index in [-0.39, 0.29) is 17.4 Å². The smallest absolute Gasteiger partial charge is 0.243 e. The van der Waals surface area contributed by atoms with Crippen molar-refractivity contribution in [3.8, 4) is 0 Å². The summed E-state index contributed by atoms with van der Waals surface area (Å²) in [6.45, 7) is 4.90. The van der Waals surface area contributed by atoms with Gasteiger partial charge in [0.1, 0.15) is 5.92 Å².